The second kappa shape index (κ2) is 14.9. The highest BCUT2D eigenvalue weighted by molar-refractivity contribution is 5.94. The number of anilines is 1. The molecule has 0 unspecified atom stereocenters. The van der Waals surface area contributed by atoms with Gasteiger partial charge in [0.2, 0.25) is 11.8 Å². The highest BCUT2D eigenvalue weighted by atomic mass is 35.5. The van der Waals surface area contributed by atoms with Crippen LogP contribution in [0.2, 0.25) is 0 Å². The molecule has 0 saturated carbocycles. The highest BCUT2D eigenvalue weighted by Crippen LogP contribution is 2.13. The van der Waals surface area contributed by atoms with E-state index in [1.54, 1.807) is 0 Å². The molecule has 1 aliphatic rings. The molecule has 0 aliphatic carbocycles. The second-order valence-corrected chi connectivity index (χ2v) is 5.94. The Morgan fingerprint density at radius 2 is 1.52 bits per heavy atom. The number of likely N-dealkylation sites (N-methyl/N-ethyl adjacent to an activating group) is 1. The molecule has 156 valence electrons. The Labute approximate surface area is 179 Å². The van der Waals surface area contributed by atoms with E-state index in [0.717, 1.165) is 45.0 Å². The number of halogens is 3. The average Bonchev–Trinajstić information content (AvgIpc) is 2.62. The van der Waals surface area contributed by atoms with Gasteiger partial charge in [0.05, 0.1) is 13.1 Å². The van der Waals surface area contributed by atoms with E-state index in [-0.39, 0.29) is 62.1 Å². The molecule has 7 nitrogen and oxygen atoms in total. The lowest BCUT2D eigenvalue weighted by molar-refractivity contribution is -0.123. The minimum Gasteiger partial charge on any atom is -0.346 e. The fraction of sp³-hybridized carbons (Fsp3) is 0.529. The van der Waals surface area contributed by atoms with Gasteiger partial charge in [0.15, 0.2) is 0 Å². The molecule has 1 fully saturated rings. The van der Waals surface area contributed by atoms with E-state index >= 15 is 0 Å². The van der Waals surface area contributed by atoms with E-state index in [0.29, 0.717) is 0 Å². The summed E-state index contributed by atoms with van der Waals surface area (Å²) < 4.78 is 0. The van der Waals surface area contributed by atoms with Crippen LogP contribution in [-0.4, -0.2) is 67.4 Å². The third-order valence-electron chi connectivity index (χ3n) is 4.19. The van der Waals surface area contributed by atoms with Crippen LogP contribution in [0.15, 0.2) is 24.3 Å². The van der Waals surface area contributed by atoms with Gasteiger partial charge in [-0.25, -0.2) is 0 Å². The summed E-state index contributed by atoms with van der Waals surface area (Å²) in [4.78, 5) is 27.6. The van der Waals surface area contributed by atoms with Gasteiger partial charge in [-0.05, 0) is 24.2 Å². The van der Waals surface area contributed by atoms with Crippen molar-refractivity contribution < 1.29 is 9.59 Å². The summed E-state index contributed by atoms with van der Waals surface area (Å²) in [6.45, 7) is 8.49. The Bertz CT molecular complexity index is 552. The minimum absolute atomic E-state index is 0. The zero-order valence-electron chi connectivity index (χ0n) is 15.5. The molecular formula is C17H30Cl3N5O2. The normalized spacial score (nSPS) is 14.1. The number of nitrogens with one attached hydrogen (secondary N) is 2. The fourth-order valence-electron chi connectivity index (χ4n) is 2.67. The Morgan fingerprint density at radius 3 is 2.04 bits per heavy atom. The standard InChI is InChI=1S/C17H27N5O2.3ClH/c1-2-21-7-9-22(10-8-21)13-14-3-5-15(6-4-14)20-17(24)12-19-16(23)11-18;;;/h3-6H,2,7-13,18H2,1H3,(H,19,23)(H,20,24);3*1H. The molecule has 1 aromatic carbocycles. The highest BCUT2D eigenvalue weighted by Gasteiger charge is 2.15. The summed E-state index contributed by atoms with van der Waals surface area (Å²) in [5, 5.41) is 5.19. The first kappa shape index (κ1) is 28.1. The van der Waals surface area contributed by atoms with Crippen LogP contribution >= 0.6 is 37.2 Å². The van der Waals surface area contributed by atoms with Gasteiger partial charge >= 0.3 is 0 Å². The van der Waals surface area contributed by atoms with Crippen molar-refractivity contribution in [2.24, 2.45) is 5.73 Å². The van der Waals surface area contributed by atoms with Crippen LogP contribution in [0.3, 0.4) is 0 Å². The largest absolute Gasteiger partial charge is 0.346 e. The van der Waals surface area contributed by atoms with E-state index in [1.807, 2.05) is 24.3 Å². The van der Waals surface area contributed by atoms with Crippen molar-refractivity contribution in [3.05, 3.63) is 29.8 Å². The van der Waals surface area contributed by atoms with Gasteiger partial charge in [0.1, 0.15) is 0 Å². The Kier molecular flexibility index (Phi) is 15.5. The number of carbonyl (C=O) groups is 2. The first-order valence-electron chi connectivity index (χ1n) is 8.41. The van der Waals surface area contributed by atoms with Crippen molar-refractivity contribution in [3.8, 4) is 0 Å². The summed E-state index contributed by atoms with van der Waals surface area (Å²) in [6, 6.07) is 7.83. The number of benzene rings is 1. The number of rotatable bonds is 7. The smallest absolute Gasteiger partial charge is 0.243 e. The van der Waals surface area contributed by atoms with Crippen molar-refractivity contribution >= 4 is 54.7 Å². The number of nitrogens with two attached hydrogens (primary N) is 1. The third kappa shape index (κ3) is 10.1. The van der Waals surface area contributed by atoms with Gasteiger partial charge in [-0.1, -0.05) is 19.1 Å². The van der Waals surface area contributed by atoms with E-state index in [1.165, 1.54) is 5.56 Å². The van der Waals surface area contributed by atoms with Crippen LogP contribution in [-0.2, 0) is 16.1 Å². The molecule has 1 aliphatic heterocycles. The molecule has 27 heavy (non-hydrogen) atoms. The van der Waals surface area contributed by atoms with Crippen LogP contribution in [0.25, 0.3) is 0 Å². The zero-order chi connectivity index (χ0) is 17.4. The van der Waals surface area contributed by atoms with Crippen molar-refractivity contribution in [1.82, 2.24) is 15.1 Å². The monoisotopic (exact) mass is 441 g/mol. The molecule has 1 aromatic rings. The van der Waals surface area contributed by atoms with Gasteiger partial charge in [-0.15, -0.1) is 37.2 Å². The summed E-state index contributed by atoms with van der Waals surface area (Å²) >= 11 is 0. The van der Waals surface area contributed by atoms with Crippen LogP contribution in [0.1, 0.15) is 12.5 Å². The lowest BCUT2D eigenvalue weighted by Gasteiger charge is -2.34. The summed E-state index contributed by atoms with van der Waals surface area (Å²) in [5.41, 5.74) is 7.12. The van der Waals surface area contributed by atoms with E-state index < -0.39 is 0 Å². The van der Waals surface area contributed by atoms with Crippen LogP contribution in [0, 0.1) is 0 Å². The topological polar surface area (TPSA) is 90.7 Å². The van der Waals surface area contributed by atoms with E-state index in [9.17, 15) is 9.59 Å². The molecule has 0 bridgehead atoms. The van der Waals surface area contributed by atoms with Gasteiger partial charge in [0.25, 0.3) is 0 Å². The molecule has 10 heteroatoms. The molecule has 2 amide bonds. The van der Waals surface area contributed by atoms with E-state index in [4.69, 9.17) is 5.73 Å². The van der Waals surface area contributed by atoms with E-state index in [2.05, 4.69) is 27.4 Å². The number of carbonyl (C=O) groups excluding carboxylic acids is 2. The SMILES string of the molecule is CCN1CCN(Cc2ccc(NC(=O)CNC(=O)CN)cc2)CC1.Cl.Cl.Cl. The Morgan fingerprint density at radius 1 is 0.963 bits per heavy atom. The van der Waals surface area contributed by atoms with Crippen molar-refractivity contribution in [3.63, 3.8) is 0 Å². The molecule has 1 heterocycles. The first-order chi connectivity index (χ1) is 11.6. The van der Waals surface area contributed by atoms with Crippen LogP contribution < -0.4 is 16.4 Å². The molecule has 1 saturated heterocycles. The zero-order valence-corrected chi connectivity index (χ0v) is 17.9. The quantitative estimate of drug-likeness (QED) is 0.588. The van der Waals surface area contributed by atoms with Gasteiger partial charge in [-0.2, -0.15) is 0 Å². The van der Waals surface area contributed by atoms with Gasteiger partial charge < -0.3 is 21.3 Å². The Balaban J connectivity index is 0. The number of nitrogens with zero attached hydrogens (tertiary/aromatic N) is 2. The van der Waals surface area contributed by atoms with Crippen LogP contribution in [0.4, 0.5) is 5.69 Å². The lowest BCUT2D eigenvalue weighted by Crippen LogP contribution is -2.45. The molecule has 2 rings (SSSR count). The van der Waals surface area contributed by atoms with Crippen molar-refractivity contribution in [2.75, 3.05) is 51.1 Å². The first-order valence-corrected chi connectivity index (χ1v) is 8.41. The maximum atomic E-state index is 11.7. The third-order valence-corrected chi connectivity index (χ3v) is 4.19. The molecule has 0 aromatic heterocycles. The maximum absolute atomic E-state index is 11.7. The van der Waals surface area contributed by atoms with Crippen molar-refractivity contribution in [2.45, 2.75) is 13.5 Å². The van der Waals surface area contributed by atoms with Crippen LogP contribution in [0.5, 0.6) is 0 Å². The summed E-state index contributed by atoms with van der Waals surface area (Å²) in [5.74, 6) is -0.607. The predicted octanol–water partition coefficient (Wildman–Crippen LogP) is 1.10. The molecule has 0 radical (unpaired) electrons. The Hall–Kier alpha value is -1.09. The molecule has 4 N–H and O–H groups in total. The minimum atomic E-state index is -0.344. The fourth-order valence-corrected chi connectivity index (χ4v) is 2.67. The number of hydrogen-bond acceptors (Lipinski definition) is 5. The molecule has 0 spiro atoms. The molecule has 0 atom stereocenters. The van der Waals surface area contributed by atoms with Crippen molar-refractivity contribution in [1.29, 1.82) is 0 Å². The molecular weight excluding hydrogens is 413 g/mol. The average molecular weight is 443 g/mol. The maximum Gasteiger partial charge on any atom is 0.243 e. The number of piperazine rings is 1. The lowest BCUT2D eigenvalue weighted by atomic mass is 10.1. The van der Waals surface area contributed by atoms with Gasteiger partial charge in [-0.3, -0.25) is 14.5 Å². The van der Waals surface area contributed by atoms with Gasteiger partial charge in [0, 0.05) is 38.4 Å². The summed E-state index contributed by atoms with van der Waals surface area (Å²) in [6.07, 6.45) is 0. The number of amides is 2. The predicted molar refractivity (Wildman–Crippen MR) is 116 cm³/mol. The summed E-state index contributed by atoms with van der Waals surface area (Å²) in [7, 11) is 0. The second-order valence-electron chi connectivity index (χ2n) is 5.94. The number of hydrogen-bond donors (Lipinski definition) is 3.